The molecule has 0 unspecified atom stereocenters. The number of guanidine groups is 4. The minimum absolute atomic E-state index is 0. The summed E-state index contributed by atoms with van der Waals surface area (Å²) in [6.45, 7) is 3.86. The second-order valence-electron chi connectivity index (χ2n) is 10.0. The molecule has 12 nitrogen and oxygen atoms in total. The second kappa shape index (κ2) is 29.3. The number of anilines is 2. The third-order valence-electron chi connectivity index (χ3n) is 5.76. The third-order valence-corrected chi connectivity index (χ3v) is 5.76. The van der Waals surface area contributed by atoms with E-state index in [2.05, 4.69) is 9.98 Å². The average molecular weight is 921 g/mol. The Labute approximate surface area is 329 Å². The molecule has 15 heteroatoms. The molecule has 4 aromatic rings. The molecule has 51 heavy (non-hydrogen) atoms. The van der Waals surface area contributed by atoms with Crippen molar-refractivity contribution in [3.63, 3.8) is 0 Å². The molecule has 4 rings (SSSR count). The van der Waals surface area contributed by atoms with Crippen LogP contribution in [0.5, 0.6) is 0 Å². The number of halogens is 2. The van der Waals surface area contributed by atoms with Gasteiger partial charge in [0.1, 0.15) is 0 Å². The van der Waals surface area contributed by atoms with Crippen molar-refractivity contribution in [1.29, 1.82) is 10.8 Å². The van der Waals surface area contributed by atoms with Crippen molar-refractivity contribution in [2.45, 2.75) is 13.8 Å². The summed E-state index contributed by atoms with van der Waals surface area (Å²) >= 11 is 0. The quantitative estimate of drug-likeness (QED) is 0.115. The van der Waals surface area contributed by atoms with Crippen molar-refractivity contribution >= 4 is 46.6 Å². The van der Waals surface area contributed by atoms with Gasteiger partial charge in [-0.1, -0.05) is 72.8 Å². The molecule has 4 aromatic carbocycles. The molecule has 0 heterocycles. The molecule has 0 saturated carbocycles. The fourth-order valence-corrected chi connectivity index (χ4v) is 3.65. The van der Waals surface area contributed by atoms with Gasteiger partial charge in [0, 0.05) is 41.4 Å². The van der Waals surface area contributed by atoms with Crippen LogP contribution in [0.3, 0.4) is 0 Å². The van der Waals surface area contributed by atoms with Crippen LogP contribution >= 0.6 is 0 Å². The zero-order chi connectivity index (χ0) is 35.9. The predicted octanol–water partition coefficient (Wildman–Crippen LogP) is -0.726. The number of benzene rings is 4. The summed E-state index contributed by atoms with van der Waals surface area (Å²) in [6, 6.07) is 38.0. The van der Waals surface area contributed by atoms with Gasteiger partial charge in [-0.15, -0.1) is 0 Å². The first-order valence-corrected chi connectivity index (χ1v) is 15.2. The van der Waals surface area contributed by atoms with Gasteiger partial charge in [-0.2, -0.15) is 0 Å². The Morgan fingerprint density at radius 2 is 0.745 bits per heavy atom. The molecule has 0 aliphatic heterocycles. The number of nitrogens with zero attached hydrogens (tertiary/aromatic N) is 6. The Morgan fingerprint density at radius 3 is 0.961 bits per heavy atom. The molecule has 0 bridgehead atoms. The summed E-state index contributed by atoms with van der Waals surface area (Å²) in [6.07, 6.45) is 0. The maximum Gasteiger partial charge on any atom is 2.00 e. The number of rotatable bonds is 4. The van der Waals surface area contributed by atoms with Crippen molar-refractivity contribution in [3.05, 3.63) is 121 Å². The van der Waals surface area contributed by atoms with Gasteiger partial charge < -0.3 is 56.3 Å². The smallest absolute Gasteiger partial charge is 1.00 e. The molecule has 0 aliphatic carbocycles. The summed E-state index contributed by atoms with van der Waals surface area (Å²) < 4.78 is 0. The van der Waals surface area contributed by atoms with Crippen LogP contribution in [-0.4, -0.2) is 85.3 Å². The van der Waals surface area contributed by atoms with Crippen LogP contribution in [0, 0.1) is 10.8 Å². The molecular formula is C36H50Cl2N10O2Pt. The van der Waals surface area contributed by atoms with Crippen LogP contribution in [0.25, 0.3) is 0 Å². The number of para-hydroxylation sites is 4. The molecular weight excluding hydrogens is 870 g/mol. The van der Waals surface area contributed by atoms with Crippen LogP contribution in [0.2, 0.25) is 0 Å². The van der Waals surface area contributed by atoms with E-state index in [1.807, 2.05) is 121 Å². The average Bonchev–Trinajstić information content (AvgIpc) is 3.08. The van der Waals surface area contributed by atoms with Crippen LogP contribution in [-0.2, 0) is 21.1 Å². The van der Waals surface area contributed by atoms with Gasteiger partial charge in [0.2, 0.25) is 23.8 Å². The summed E-state index contributed by atoms with van der Waals surface area (Å²) in [5.74, 6) is 1.01. The molecule has 0 atom stereocenters. The number of hydrogen-bond donors (Lipinski definition) is 6. The Hall–Kier alpha value is -4.45. The number of aliphatic hydroxyl groups excluding tert-OH is 2. The summed E-state index contributed by atoms with van der Waals surface area (Å²) in [5, 5.41) is 31.6. The number of aliphatic hydroxyl groups is 2. The molecule has 280 valence electrons. The third kappa shape index (κ3) is 18.9. The molecule has 0 saturated heterocycles. The van der Waals surface area contributed by atoms with E-state index < -0.39 is 0 Å². The first-order valence-electron chi connectivity index (χ1n) is 15.2. The van der Waals surface area contributed by atoms with E-state index in [9.17, 15) is 0 Å². The Morgan fingerprint density at radius 1 is 0.529 bits per heavy atom. The maximum atomic E-state index is 8.23. The Balaban J connectivity index is -0.000000744. The summed E-state index contributed by atoms with van der Waals surface area (Å²) in [5.41, 5.74) is 15.4. The van der Waals surface area contributed by atoms with Crippen LogP contribution in [0.4, 0.5) is 22.7 Å². The molecule has 0 aliphatic rings. The first kappa shape index (κ1) is 50.9. The monoisotopic (exact) mass is 919 g/mol. The van der Waals surface area contributed by atoms with Gasteiger partial charge in [-0.3, -0.25) is 20.6 Å². The molecule has 0 amide bonds. The topological polar surface area (TPSA) is 178 Å². The number of hydrogen-bond acceptors (Lipinski definition) is 6. The van der Waals surface area contributed by atoms with Gasteiger partial charge in [0.05, 0.1) is 22.7 Å². The van der Waals surface area contributed by atoms with Gasteiger partial charge in [-0.25, -0.2) is 9.98 Å². The Bertz CT molecular complexity index is 1420. The number of nitrogens with one attached hydrogen (secondary N) is 2. The Kier molecular flexibility index (Phi) is 29.3. The van der Waals surface area contributed by atoms with E-state index in [0.717, 1.165) is 22.7 Å². The molecule has 0 aromatic heterocycles. The van der Waals surface area contributed by atoms with E-state index in [4.69, 9.17) is 32.5 Å². The van der Waals surface area contributed by atoms with Gasteiger partial charge in [0.15, 0.2) is 0 Å². The van der Waals surface area contributed by atoms with Crippen molar-refractivity contribution in [3.8, 4) is 0 Å². The van der Waals surface area contributed by atoms with E-state index in [1.54, 1.807) is 61.6 Å². The van der Waals surface area contributed by atoms with Crippen LogP contribution in [0.15, 0.2) is 131 Å². The van der Waals surface area contributed by atoms with E-state index in [-0.39, 0.29) is 82.9 Å². The van der Waals surface area contributed by atoms with Crippen molar-refractivity contribution < 1.29 is 56.1 Å². The molecule has 0 radical (unpaired) electrons. The number of nitrogens with two attached hydrogens (primary N) is 2. The fraction of sp³-hybridized carbons (Fsp3) is 0.222. The van der Waals surface area contributed by atoms with E-state index >= 15 is 0 Å². The van der Waals surface area contributed by atoms with Gasteiger partial charge in [-0.05, 0) is 62.4 Å². The van der Waals surface area contributed by atoms with Crippen molar-refractivity contribution in [2.24, 2.45) is 21.5 Å². The van der Waals surface area contributed by atoms with E-state index in [1.165, 1.54) is 0 Å². The van der Waals surface area contributed by atoms with Gasteiger partial charge in [0.25, 0.3) is 0 Å². The minimum atomic E-state index is 0. The molecule has 0 spiro atoms. The van der Waals surface area contributed by atoms with Crippen molar-refractivity contribution in [2.75, 3.05) is 51.2 Å². The largest absolute Gasteiger partial charge is 2.00 e. The normalized spacial score (nSPS) is 9.80. The first-order chi connectivity index (χ1) is 23.0. The standard InChI is InChI=1S/2C16H19N5.2C2H6O.2ClH.Pt/c2*1-20(2)16(18)21(14-11-7-4-8-12-14)15(17)19-13-9-5-3-6-10-13;2*1-2-3;;;/h2*3-12,18H,1-2H3,(H2,17,19);2*3H,2H2,1H3;2*1H;/q;;;;;;+2/p-2. The van der Waals surface area contributed by atoms with Crippen LogP contribution in [0.1, 0.15) is 13.8 Å². The number of aliphatic imine (C=N–C) groups is 2. The molecule has 0 fully saturated rings. The zero-order valence-electron chi connectivity index (χ0n) is 29.8. The van der Waals surface area contributed by atoms with Crippen molar-refractivity contribution in [1.82, 2.24) is 9.80 Å². The second-order valence-corrected chi connectivity index (χ2v) is 10.0. The molecule has 8 N–H and O–H groups in total. The van der Waals surface area contributed by atoms with Crippen LogP contribution < -0.4 is 46.1 Å². The van der Waals surface area contributed by atoms with E-state index in [0.29, 0.717) is 0 Å². The maximum absolute atomic E-state index is 8.23. The SMILES string of the molecule is CCO.CCO.CN(C)C(=N)N(C(N)=Nc1ccccc1)c1ccccc1.CN(C)C(=N)N(C(N)=Nc1ccccc1)c1ccccc1.[Cl-].[Cl-].[Pt+2]. The summed E-state index contributed by atoms with van der Waals surface area (Å²) in [7, 11) is 7.20. The zero-order valence-corrected chi connectivity index (χ0v) is 33.5. The van der Waals surface area contributed by atoms with Gasteiger partial charge >= 0.3 is 21.1 Å². The predicted molar refractivity (Wildman–Crippen MR) is 202 cm³/mol. The fourth-order valence-electron chi connectivity index (χ4n) is 3.65. The summed E-state index contributed by atoms with van der Waals surface area (Å²) in [4.78, 5) is 15.4. The minimum Gasteiger partial charge on any atom is -1.00 e.